The highest BCUT2D eigenvalue weighted by Crippen LogP contribution is 2.20. The summed E-state index contributed by atoms with van der Waals surface area (Å²) in [6.45, 7) is 0. The van der Waals surface area contributed by atoms with Gasteiger partial charge in [0, 0.05) is 11.9 Å². The maximum atomic E-state index is 11.3. The van der Waals surface area contributed by atoms with Gasteiger partial charge in [-0.15, -0.1) is 0 Å². The SMILES string of the molecule is CS(=O)(=O)c1ccc(Nc2cc(C#N)cc(Cl)n2)cc1. The van der Waals surface area contributed by atoms with Gasteiger partial charge < -0.3 is 5.32 Å². The van der Waals surface area contributed by atoms with Crippen molar-refractivity contribution in [3.05, 3.63) is 47.1 Å². The minimum atomic E-state index is -3.22. The predicted octanol–water partition coefficient (Wildman–Crippen LogP) is 2.75. The average molecular weight is 308 g/mol. The largest absolute Gasteiger partial charge is 0.340 e. The van der Waals surface area contributed by atoms with Gasteiger partial charge in [-0.05, 0) is 36.4 Å². The highest BCUT2D eigenvalue weighted by Gasteiger charge is 2.07. The van der Waals surface area contributed by atoms with Crippen molar-refractivity contribution in [2.75, 3.05) is 11.6 Å². The lowest BCUT2D eigenvalue weighted by atomic mass is 10.2. The smallest absolute Gasteiger partial charge is 0.175 e. The molecule has 0 unspecified atom stereocenters. The van der Waals surface area contributed by atoms with Crippen LogP contribution in [0.25, 0.3) is 0 Å². The molecule has 1 aromatic carbocycles. The summed E-state index contributed by atoms with van der Waals surface area (Å²) in [6.07, 6.45) is 1.15. The molecule has 1 aromatic heterocycles. The van der Waals surface area contributed by atoms with E-state index >= 15 is 0 Å². The Morgan fingerprint density at radius 3 is 2.45 bits per heavy atom. The number of hydrogen-bond donors (Lipinski definition) is 1. The molecule has 0 bridgehead atoms. The van der Waals surface area contributed by atoms with Gasteiger partial charge in [-0.2, -0.15) is 5.26 Å². The van der Waals surface area contributed by atoms with E-state index in [1.54, 1.807) is 18.2 Å². The summed E-state index contributed by atoms with van der Waals surface area (Å²) in [5.74, 6) is 0.418. The van der Waals surface area contributed by atoms with E-state index in [-0.39, 0.29) is 10.0 Å². The maximum Gasteiger partial charge on any atom is 0.175 e. The molecular formula is C13H10ClN3O2S. The molecule has 0 aliphatic rings. The number of halogens is 1. The van der Waals surface area contributed by atoms with Crippen LogP contribution in [-0.2, 0) is 9.84 Å². The lowest BCUT2D eigenvalue weighted by Crippen LogP contribution is -1.98. The van der Waals surface area contributed by atoms with Crippen LogP contribution in [0.1, 0.15) is 5.56 Å². The van der Waals surface area contributed by atoms with Gasteiger partial charge in [0.1, 0.15) is 11.0 Å². The topological polar surface area (TPSA) is 82.9 Å². The van der Waals surface area contributed by atoms with Crippen molar-refractivity contribution in [1.82, 2.24) is 4.98 Å². The lowest BCUT2D eigenvalue weighted by Gasteiger charge is -2.07. The fourth-order valence-electron chi connectivity index (χ4n) is 1.56. The summed E-state index contributed by atoms with van der Waals surface area (Å²) in [4.78, 5) is 4.27. The zero-order chi connectivity index (χ0) is 14.8. The van der Waals surface area contributed by atoms with Gasteiger partial charge >= 0.3 is 0 Å². The number of pyridine rings is 1. The highest BCUT2D eigenvalue weighted by atomic mass is 35.5. The number of nitrogens with zero attached hydrogens (tertiary/aromatic N) is 2. The van der Waals surface area contributed by atoms with E-state index in [2.05, 4.69) is 10.3 Å². The summed E-state index contributed by atoms with van der Waals surface area (Å²) in [5.41, 5.74) is 1.04. The highest BCUT2D eigenvalue weighted by molar-refractivity contribution is 7.90. The molecule has 0 saturated heterocycles. The Kier molecular flexibility index (Phi) is 3.93. The molecule has 0 aliphatic heterocycles. The van der Waals surface area contributed by atoms with Gasteiger partial charge in [-0.1, -0.05) is 11.6 Å². The van der Waals surface area contributed by atoms with Crippen LogP contribution in [0.5, 0.6) is 0 Å². The quantitative estimate of drug-likeness (QED) is 0.882. The standard InChI is InChI=1S/C13H10ClN3O2S/c1-20(18,19)11-4-2-10(3-5-11)16-13-7-9(8-15)6-12(14)17-13/h2-7H,1H3,(H,16,17). The number of anilines is 2. The Hall–Kier alpha value is -2.10. The van der Waals surface area contributed by atoms with Gasteiger partial charge in [0.15, 0.2) is 9.84 Å². The Labute approximate surface area is 121 Å². The average Bonchev–Trinajstić information content (AvgIpc) is 2.37. The van der Waals surface area contributed by atoms with Crippen molar-refractivity contribution in [1.29, 1.82) is 5.26 Å². The minimum absolute atomic E-state index is 0.208. The van der Waals surface area contributed by atoms with E-state index in [1.165, 1.54) is 18.2 Å². The van der Waals surface area contributed by atoms with Crippen molar-refractivity contribution in [2.45, 2.75) is 4.90 Å². The first-order valence-electron chi connectivity index (χ1n) is 5.53. The fourth-order valence-corrected chi connectivity index (χ4v) is 2.40. The molecule has 102 valence electrons. The number of hydrogen-bond acceptors (Lipinski definition) is 5. The predicted molar refractivity (Wildman–Crippen MR) is 76.8 cm³/mol. The summed E-state index contributed by atoms with van der Waals surface area (Å²) in [5, 5.41) is 12.0. The van der Waals surface area contributed by atoms with Gasteiger partial charge in [0.25, 0.3) is 0 Å². The Bertz CT molecular complexity index is 780. The molecule has 7 heteroatoms. The van der Waals surface area contributed by atoms with Gasteiger partial charge in [0.2, 0.25) is 0 Å². The van der Waals surface area contributed by atoms with E-state index in [4.69, 9.17) is 16.9 Å². The van der Waals surface area contributed by atoms with Crippen molar-refractivity contribution < 1.29 is 8.42 Å². The Balaban J connectivity index is 2.27. The number of benzene rings is 1. The monoisotopic (exact) mass is 307 g/mol. The van der Waals surface area contributed by atoms with Gasteiger partial charge in [-0.25, -0.2) is 13.4 Å². The number of rotatable bonds is 3. The lowest BCUT2D eigenvalue weighted by molar-refractivity contribution is 0.602. The Morgan fingerprint density at radius 1 is 1.25 bits per heavy atom. The van der Waals surface area contributed by atoms with E-state index in [0.29, 0.717) is 17.1 Å². The second kappa shape index (κ2) is 5.49. The van der Waals surface area contributed by atoms with Crippen LogP contribution in [0, 0.1) is 11.3 Å². The molecule has 2 aromatic rings. The molecule has 0 radical (unpaired) electrons. The first-order chi connectivity index (χ1) is 9.38. The molecule has 0 saturated carbocycles. The van der Waals surface area contributed by atoms with Crippen LogP contribution in [0.2, 0.25) is 5.15 Å². The van der Waals surface area contributed by atoms with Crippen LogP contribution in [0.4, 0.5) is 11.5 Å². The zero-order valence-corrected chi connectivity index (χ0v) is 12.0. The second-order valence-corrected chi connectivity index (χ2v) is 6.50. The van der Waals surface area contributed by atoms with Crippen LogP contribution in [0.15, 0.2) is 41.3 Å². The number of nitrogens with one attached hydrogen (secondary N) is 1. The Morgan fingerprint density at radius 2 is 1.90 bits per heavy atom. The molecule has 5 nitrogen and oxygen atoms in total. The summed E-state index contributed by atoms with van der Waals surface area (Å²) >= 11 is 5.80. The molecule has 2 rings (SSSR count). The van der Waals surface area contributed by atoms with Crippen molar-refractivity contribution in [2.24, 2.45) is 0 Å². The number of nitriles is 1. The molecular weight excluding hydrogens is 298 g/mol. The number of sulfone groups is 1. The first kappa shape index (κ1) is 14.3. The molecule has 20 heavy (non-hydrogen) atoms. The third kappa shape index (κ3) is 3.47. The summed E-state index contributed by atoms with van der Waals surface area (Å²) in [6, 6.07) is 11.2. The van der Waals surface area contributed by atoms with E-state index < -0.39 is 9.84 Å². The normalized spacial score (nSPS) is 10.8. The van der Waals surface area contributed by atoms with Crippen LogP contribution in [0.3, 0.4) is 0 Å². The molecule has 0 spiro atoms. The zero-order valence-electron chi connectivity index (χ0n) is 10.5. The molecule has 0 amide bonds. The van der Waals surface area contributed by atoms with Crippen LogP contribution < -0.4 is 5.32 Å². The van der Waals surface area contributed by atoms with E-state index in [0.717, 1.165) is 6.26 Å². The molecule has 0 atom stereocenters. The first-order valence-corrected chi connectivity index (χ1v) is 7.80. The molecule has 1 N–H and O–H groups in total. The summed E-state index contributed by atoms with van der Waals surface area (Å²) < 4.78 is 22.7. The van der Waals surface area contributed by atoms with Gasteiger partial charge in [-0.3, -0.25) is 0 Å². The van der Waals surface area contributed by atoms with Crippen LogP contribution >= 0.6 is 11.6 Å². The molecule has 1 heterocycles. The van der Waals surface area contributed by atoms with E-state index in [1.807, 2.05) is 6.07 Å². The third-order valence-corrected chi connectivity index (χ3v) is 3.80. The van der Waals surface area contributed by atoms with E-state index in [9.17, 15) is 8.42 Å². The second-order valence-electron chi connectivity index (χ2n) is 4.10. The molecule has 0 aliphatic carbocycles. The van der Waals surface area contributed by atoms with Crippen molar-refractivity contribution in [3.8, 4) is 6.07 Å². The third-order valence-electron chi connectivity index (χ3n) is 2.48. The van der Waals surface area contributed by atoms with Crippen molar-refractivity contribution >= 4 is 32.9 Å². The minimum Gasteiger partial charge on any atom is -0.340 e. The summed E-state index contributed by atoms with van der Waals surface area (Å²) in [7, 11) is -3.22. The van der Waals surface area contributed by atoms with Crippen LogP contribution in [-0.4, -0.2) is 19.7 Å². The van der Waals surface area contributed by atoms with Gasteiger partial charge in [0.05, 0.1) is 16.5 Å². The fraction of sp³-hybridized carbons (Fsp3) is 0.0769. The molecule has 0 fully saturated rings. The maximum absolute atomic E-state index is 11.3. The number of aromatic nitrogens is 1. The van der Waals surface area contributed by atoms with Crippen molar-refractivity contribution in [3.63, 3.8) is 0 Å².